The standard InChI is InChI=1S/C17H30N2O/c1-14(11-12-18-17(2,3)4)19(5)13-15-9-7-8-10-16(15)20-6/h7-10,14,18H,11-13H2,1-6H3. The van der Waals surface area contributed by atoms with Crippen LogP contribution in [0.3, 0.4) is 0 Å². The van der Waals surface area contributed by atoms with Crippen LogP contribution in [-0.4, -0.2) is 37.2 Å². The van der Waals surface area contributed by atoms with Crippen molar-refractivity contribution >= 4 is 0 Å². The lowest BCUT2D eigenvalue weighted by molar-refractivity contribution is 0.228. The van der Waals surface area contributed by atoms with E-state index in [1.807, 2.05) is 12.1 Å². The van der Waals surface area contributed by atoms with Gasteiger partial charge in [0.25, 0.3) is 0 Å². The zero-order valence-electron chi connectivity index (χ0n) is 13.9. The summed E-state index contributed by atoms with van der Waals surface area (Å²) in [5.74, 6) is 0.972. The summed E-state index contributed by atoms with van der Waals surface area (Å²) in [6.07, 6.45) is 1.14. The molecule has 20 heavy (non-hydrogen) atoms. The first-order valence-electron chi connectivity index (χ1n) is 7.40. The molecule has 0 aliphatic rings. The van der Waals surface area contributed by atoms with Gasteiger partial charge in [-0.2, -0.15) is 0 Å². The van der Waals surface area contributed by atoms with Crippen LogP contribution in [-0.2, 0) is 6.54 Å². The quantitative estimate of drug-likeness (QED) is 0.828. The van der Waals surface area contributed by atoms with Gasteiger partial charge in [-0.3, -0.25) is 4.90 Å². The van der Waals surface area contributed by atoms with Crippen molar-refractivity contribution in [1.29, 1.82) is 0 Å². The van der Waals surface area contributed by atoms with Crippen molar-refractivity contribution in [2.45, 2.75) is 52.2 Å². The largest absolute Gasteiger partial charge is 0.496 e. The molecule has 0 heterocycles. The van der Waals surface area contributed by atoms with Crippen molar-refractivity contribution < 1.29 is 4.74 Å². The van der Waals surface area contributed by atoms with Crippen molar-refractivity contribution in [2.24, 2.45) is 0 Å². The molecule has 1 aromatic rings. The number of para-hydroxylation sites is 1. The Balaban J connectivity index is 2.47. The highest BCUT2D eigenvalue weighted by Crippen LogP contribution is 2.19. The summed E-state index contributed by atoms with van der Waals surface area (Å²) in [5.41, 5.74) is 1.44. The van der Waals surface area contributed by atoms with E-state index in [0.29, 0.717) is 6.04 Å². The molecule has 1 atom stereocenters. The van der Waals surface area contributed by atoms with Crippen molar-refractivity contribution in [3.63, 3.8) is 0 Å². The van der Waals surface area contributed by atoms with Crippen LogP contribution in [0.25, 0.3) is 0 Å². The van der Waals surface area contributed by atoms with Crippen LogP contribution in [0.1, 0.15) is 39.7 Å². The van der Waals surface area contributed by atoms with Gasteiger partial charge in [-0.1, -0.05) is 18.2 Å². The molecule has 0 saturated heterocycles. The maximum atomic E-state index is 5.41. The van der Waals surface area contributed by atoms with E-state index >= 15 is 0 Å². The second-order valence-electron chi connectivity index (χ2n) is 6.54. The van der Waals surface area contributed by atoms with E-state index in [-0.39, 0.29) is 5.54 Å². The summed E-state index contributed by atoms with van der Waals surface area (Å²) in [6.45, 7) is 10.9. The molecule has 0 amide bonds. The number of ether oxygens (including phenoxy) is 1. The Bertz CT molecular complexity index is 398. The highest BCUT2D eigenvalue weighted by molar-refractivity contribution is 5.33. The third kappa shape index (κ3) is 5.93. The van der Waals surface area contributed by atoms with Crippen molar-refractivity contribution in [1.82, 2.24) is 10.2 Å². The van der Waals surface area contributed by atoms with Gasteiger partial charge < -0.3 is 10.1 Å². The molecular weight excluding hydrogens is 248 g/mol. The van der Waals surface area contributed by atoms with E-state index in [1.165, 1.54) is 5.56 Å². The summed E-state index contributed by atoms with van der Waals surface area (Å²) < 4.78 is 5.41. The average molecular weight is 278 g/mol. The predicted octanol–water partition coefficient (Wildman–Crippen LogP) is 3.29. The van der Waals surface area contributed by atoms with E-state index < -0.39 is 0 Å². The number of nitrogens with zero attached hydrogens (tertiary/aromatic N) is 1. The van der Waals surface area contributed by atoms with E-state index in [0.717, 1.165) is 25.3 Å². The number of rotatable bonds is 7. The Morgan fingerprint density at radius 3 is 2.50 bits per heavy atom. The van der Waals surface area contributed by atoms with Gasteiger partial charge in [0.15, 0.2) is 0 Å². The summed E-state index contributed by atoms with van der Waals surface area (Å²) in [4.78, 5) is 2.38. The minimum Gasteiger partial charge on any atom is -0.496 e. The minimum atomic E-state index is 0.195. The van der Waals surface area contributed by atoms with Crippen LogP contribution in [0.5, 0.6) is 5.75 Å². The zero-order chi connectivity index (χ0) is 15.2. The molecule has 3 nitrogen and oxygen atoms in total. The van der Waals surface area contributed by atoms with Crippen molar-refractivity contribution in [3.8, 4) is 5.75 Å². The molecule has 1 N–H and O–H groups in total. The molecule has 0 radical (unpaired) electrons. The highest BCUT2D eigenvalue weighted by Gasteiger charge is 2.14. The number of methoxy groups -OCH3 is 1. The molecular formula is C17H30N2O. The lowest BCUT2D eigenvalue weighted by Gasteiger charge is -2.27. The van der Waals surface area contributed by atoms with Crippen LogP contribution in [0.2, 0.25) is 0 Å². The van der Waals surface area contributed by atoms with Crippen LogP contribution >= 0.6 is 0 Å². The molecule has 0 aliphatic heterocycles. The van der Waals surface area contributed by atoms with Gasteiger partial charge in [0, 0.05) is 23.7 Å². The third-order valence-corrected chi connectivity index (χ3v) is 3.58. The molecule has 0 bridgehead atoms. The number of nitrogens with one attached hydrogen (secondary N) is 1. The molecule has 0 spiro atoms. The predicted molar refractivity (Wildman–Crippen MR) is 86.3 cm³/mol. The fourth-order valence-corrected chi connectivity index (χ4v) is 2.13. The van der Waals surface area contributed by atoms with Gasteiger partial charge in [-0.25, -0.2) is 0 Å². The molecule has 0 aromatic heterocycles. The van der Waals surface area contributed by atoms with Crippen LogP contribution in [0.4, 0.5) is 0 Å². The van der Waals surface area contributed by atoms with E-state index in [2.05, 4.69) is 57.1 Å². The topological polar surface area (TPSA) is 24.5 Å². The average Bonchev–Trinajstić information content (AvgIpc) is 2.37. The van der Waals surface area contributed by atoms with Crippen molar-refractivity contribution in [3.05, 3.63) is 29.8 Å². The number of hydrogen-bond donors (Lipinski definition) is 1. The van der Waals surface area contributed by atoms with E-state index in [1.54, 1.807) is 7.11 Å². The lowest BCUT2D eigenvalue weighted by Crippen LogP contribution is -2.39. The van der Waals surface area contributed by atoms with Gasteiger partial charge in [0.1, 0.15) is 5.75 Å². The monoisotopic (exact) mass is 278 g/mol. The van der Waals surface area contributed by atoms with Crippen LogP contribution < -0.4 is 10.1 Å². The number of benzene rings is 1. The Labute approximate surface area is 124 Å². The Kier molecular flexibility index (Phi) is 6.50. The van der Waals surface area contributed by atoms with E-state index in [4.69, 9.17) is 4.74 Å². The molecule has 0 aliphatic carbocycles. The Morgan fingerprint density at radius 2 is 1.90 bits per heavy atom. The first kappa shape index (κ1) is 17.0. The van der Waals surface area contributed by atoms with Gasteiger partial charge in [0.2, 0.25) is 0 Å². The molecule has 3 heteroatoms. The fraction of sp³-hybridized carbons (Fsp3) is 0.647. The van der Waals surface area contributed by atoms with Crippen molar-refractivity contribution in [2.75, 3.05) is 20.7 Å². The fourth-order valence-electron chi connectivity index (χ4n) is 2.13. The second kappa shape index (κ2) is 7.65. The van der Waals surface area contributed by atoms with Gasteiger partial charge in [0.05, 0.1) is 7.11 Å². The zero-order valence-corrected chi connectivity index (χ0v) is 13.9. The first-order valence-corrected chi connectivity index (χ1v) is 7.40. The van der Waals surface area contributed by atoms with Crippen LogP contribution in [0, 0.1) is 0 Å². The third-order valence-electron chi connectivity index (χ3n) is 3.58. The number of hydrogen-bond acceptors (Lipinski definition) is 3. The molecule has 1 aromatic carbocycles. The Hall–Kier alpha value is -1.06. The normalized spacial score (nSPS) is 13.6. The van der Waals surface area contributed by atoms with Gasteiger partial charge in [-0.15, -0.1) is 0 Å². The first-order chi connectivity index (χ1) is 9.33. The second-order valence-corrected chi connectivity index (χ2v) is 6.54. The molecule has 0 fully saturated rings. The molecule has 114 valence electrons. The molecule has 1 rings (SSSR count). The van der Waals surface area contributed by atoms with E-state index in [9.17, 15) is 0 Å². The van der Waals surface area contributed by atoms with Gasteiger partial charge in [-0.05, 0) is 53.8 Å². The molecule has 1 unspecified atom stereocenters. The Morgan fingerprint density at radius 1 is 1.25 bits per heavy atom. The smallest absolute Gasteiger partial charge is 0.123 e. The minimum absolute atomic E-state index is 0.195. The summed E-state index contributed by atoms with van der Waals surface area (Å²) in [7, 11) is 3.91. The molecule has 0 saturated carbocycles. The summed E-state index contributed by atoms with van der Waals surface area (Å²) in [6, 6.07) is 8.77. The lowest BCUT2D eigenvalue weighted by atomic mass is 10.1. The maximum Gasteiger partial charge on any atom is 0.123 e. The van der Waals surface area contributed by atoms with Gasteiger partial charge >= 0.3 is 0 Å². The summed E-state index contributed by atoms with van der Waals surface area (Å²) >= 11 is 0. The maximum absolute atomic E-state index is 5.41. The highest BCUT2D eigenvalue weighted by atomic mass is 16.5. The SMILES string of the molecule is COc1ccccc1CN(C)C(C)CCNC(C)(C)C. The van der Waals surface area contributed by atoms with Crippen LogP contribution in [0.15, 0.2) is 24.3 Å². The summed E-state index contributed by atoms with van der Waals surface area (Å²) in [5, 5.41) is 3.54.